The van der Waals surface area contributed by atoms with Crippen LogP contribution in [0.15, 0.2) is 15.9 Å². The van der Waals surface area contributed by atoms with Gasteiger partial charge in [0.15, 0.2) is 4.21 Å². The topological polar surface area (TPSA) is 96.4 Å². The largest absolute Gasteiger partial charge is 0.481 e. The molecule has 1 aromatic heterocycles. The van der Waals surface area contributed by atoms with Gasteiger partial charge in [0.1, 0.15) is 0 Å². The fraction of sp³-hybridized carbons (Fsp3) is 0.692. The maximum Gasteiger partial charge on any atom is 0.308 e. The first-order valence-electron chi connectivity index (χ1n) is 7.11. The van der Waals surface area contributed by atoms with E-state index in [1.54, 1.807) is 0 Å². The van der Waals surface area contributed by atoms with Crippen molar-refractivity contribution in [2.45, 2.75) is 42.7 Å². The normalized spacial score (nSPS) is 19.0. The number of aromatic nitrogens is 1. The summed E-state index contributed by atoms with van der Waals surface area (Å²) < 4.78 is 26.6. The predicted molar refractivity (Wildman–Crippen MR) is 79.6 cm³/mol. The number of carboxylic acid groups (broad SMARTS) is 1. The molecule has 2 N–H and O–H groups in total. The lowest BCUT2D eigenvalue weighted by atomic mass is 9.86. The van der Waals surface area contributed by atoms with Gasteiger partial charge in [0.25, 0.3) is 10.0 Å². The van der Waals surface area contributed by atoms with Crippen LogP contribution in [0.1, 0.15) is 38.5 Å². The third-order valence-corrected chi connectivity index (χ3v) is 6.65. The van der Waals surface area contributed by atoms with Crippen LogP contribution in [0.4, 0.5) is 0 Å². The first-order chi connectivity index (χ1) is 10.0. The second kappa shape index (κ2) is 7.33. The number of thiazole rings is 1. The molecule has 21 heavy (non-hydrogen) atoms. The molecule has 6 nitrogen and oxygen atoms in total. The monoisotopic (exact) mass is 332 g/mol. The van der Waals surface area contributed by atoms with Crippen LogP contribution in [-0.2, 0) is 14.8 Å². The van der Waals surface area contributed by atoms with Crippen molar-refractivity contribution in [2.75, 3.05) is 6.54 Å². The van der Waals surface area contributed by atoms with Gasteiger partial charge in [-0.3, -0.25) is 9.78 Å². The number of rotatable bonds is 6. The highest BCUT2D eigenvalue weighted by atomic mass is 32.2. The van der Waals surface area contributed by atoms with Gasteiger partial charge in [-0.05, 0) is 18.8 Å². The molecular formula is C13H20N2O4S2. The second-order valence-electron chi connectivity index (χ2n) is 5.37. The molecule has 0 aromatic carbocycles. The lowest BCUT2D eigenvalue weighted by Gasteiger charge is -2.22. The molecule has 0 amide bonds. The van der Waals surface area contributed by atoms with Gasteiger partial charge in [-0.25, -0.2) is 13.1 Å². The van der Waals surface area contributed by atoms with Crippen molar-refractivity contribution < 1.29 is 18.3 Å². The Morgan fingerprint density at radius 1 is 1.38 bits per heavy atom. The minimum atomic E-state index is -3.65. The molecule has 1 aromatic rings. The molecule has 1 fully saturated rings. The number of hydrogen-bond donors (Lipinski definition) is 2. The highest BCUT2D eigenvalue weighted by Gasteiger charge is 2.30. The second-order valence-corrected chi connectivity index (χ2v) is 8.25. The molecule has 0 bridgehead atoms. The fourth-order valence-electron chi connectivity index (χ4n) is 2.78. The molecule has 1 heterocycles. The van der Waals surface area contributed by atoms with Crippen LogP contribution in [0.3, 0.4) is 0 Å². The van der Waals surface area contributed by atoms with E-state index in [2.05, 4.69) is 9.71 Å². The number of nitrogens with one attached hydrogen (secondary N) is 1. The van der Waals surface area contributed by atoms with Gasteiger partial charge >= 0.3 is 5.97 Å². The first-order valence-corrected chi connectivity index (χ1v) is 9.48. The summed E-state index contributed by atoms with van der Waals surface area (Å²) in [6.07, 6.45) is 7.31. The molecule has 1 unspecified atom stereocenters. The summed E-state index contributed by atoms with van der Waals surface area (Å²) in [5.41, 5.74) is 1.44. The molecule has 0 radical (unpaired) electrons. The van der Waals surface area contributed by atoms with Gasteiger partial charge < -0.3 is 5.11 Å². The predicted octanol–water partition coefficient (Wildman–Crippen LogP) is 2.09. The van der Waals surface area contributed by atoms with E-state index < -0.39 is 21.9 Å². The molecule has 2 rings (SSSR count). The van der Waals surface area contributed by atoms with Crippen LogP contribution in [0.2, 0.25) is 0 Å². The summed E-state index contributed by atoms with van der Waals surface area (Å²) in [4.78, 5) is 15.2. The Hall–Kier alpha value is -0.990. The summed E-state index contributed by atoms with van der Waals surface area (Å²) in [6.45, 7) is -0.0553. The Bertz CT molecular complexity index is 549. The average molecular weight is 332 g/mol. The zero-order valence-corrected chi connectivity index (χ0v) is 13.3. The third-order valence-electron chi connectivity index (χ3n) is 3.95. The maximum atomic E-state index is 12.0. The first kappa shape index (κ1) is 16.4. The minimum absolute atomic E-state index is 0.0501. The van der Waals surface area contributed by atoms with Crippen molar-refractivity contribution in [3.05, 3.63) is 11.7 Å². The summed E-state index contributed by atoms with van der Waals surface area (Å²) >= 11 is 1.02. The highest BCUT2D eigenvalue weighted by Crippen LogP contribution is 2.29. The number of nitrogens with zero attached hydrogens (tertiary/aromatic N) is 1. The number of carbonyl (C=O) groups is 1. The number of aliphatic carboxylic acids is 1. The van der Waals surface area contributed by atoms with Crippen LogP contribution >= 0.6 is 11.3 Å². The molecule has 0 spiro atoms. The van der Waals surface area contributed by atoms with Gasteiger partial charge in [0.05, 0.1) is 17.6 Å². The van der Waals surface area contributed by atoms with Crippen LogP contribution in [0.25, 0.3) is 0 Å². The Balaban J connectivity index is 2.01. The van der Waals surface area contributed by atoms with Crippen molar-refractivity contribution in [1.29, 1.82) is 0 Å². The van der Waals surface area contributed by atoms with Crippen molar-refractivity contribution in [2.24, 2.45) is 11.8 Å². The zero-order valence-electron chi connectivity index (χ0n) is 11.7. The number of carboxylic acids is 1. The molecule has 0 aliphatic heterocycles. The van der Waals surface area contributed by atoms with Crippen LogP contribution in [0, 0.1) is 11.8 Å². The lowest BCUT2D eigenvalue weighted by Crippen LogP contribution is -2.36. The van der Waals surface area contributed by atoms with E-state index in [9.17, 15) is 18.3 Å². The van der Waals surface area contributed by atoms with Crippen LogP contribution in [-0.4, -0.2) is 31.0 Å². The van der Waals surface area contributed by atoms with Gasteiger partial charge in [-0.2, -0.15) is 0 Å². The van der Waals surface area contributed by atoms with Crippen molar-refractivity contribution >= 4 is 27.3 Å². The van der Waals surface area contributed by atoms with E-state index in [0.717, 1.165) is 49.9 Å². The maximum absolute atomic E-state index is 12.0. The Kier molecular flexibility index (Phi) is 5.72. The summed E-state index contributed by atoms with van der Waals surface area (Å²) in [5, 5.41) is 9.40. The van der Waals surface area contributed by atoms with Crippen LogP contribution < -0.4 is 4.72 Å². The van der Waals surface area contributed by atoms with Gasteiger partial charge in [-0.1, -0.05) is 25.7 Å². The zero-order chi connectivity index (χ0) is 15.3. The Morgan fingerprint density at radius 3 is 2.57 bits per heavy atom. The summed E-state index contributed by atoms with van der Waals surface area (Å²) in [5.74, 6) is -1.53. The van der Waals surface area contributed by atoms with Crippen molar-refractivity contribution in [3.63, 3.8) is 0 Å². The van der Waals surface area contributed by atoms with E-state index in [1.807, 2.05) is 0 Å². The quantitative estimate of drug-likeness (QED) is 0.778. The molecule has 8 heteroatoms. The standard InChI is InChI=1S/C13H20N2O4S2/c16-13(17)11(10-5-3-1-2-4-6-10)7-15-21(18,19)12-8-14-9-20-12/h8-11,15H,1-7H2,(H,16,17). The van der Waals surface area contributed by atoms with Gasteiger partial charge in [-0.15, -0.1) is 11.3 Å². The molecule has 118 valence electrons. The van der Waals surface area contributed by atoms with E-state index in [-0.39, 0.29) is 16.7 Å². The fourth-order valence-corrected chi connectivity index (χ4v) is 4.68. The smallest absolute Gasteiger partial charge is 0.308 e. The van der Waals surface area contributed by atoms with Crippen molar-refractivity contribution in [1.82, 2.24) is 9.71 Å². The highest BCUT2D eigenvalue weighted by molar-refractivity contribution is 7.91. The number of sulfonamides is 1. The minimum Gasteiger partial charge on any atom is -0.481 e. The Morgan fingerprint density at radius 2 is 2.05 bits per heavy atom. The Labute approximate surface area is 128 Å². The SMILES string of the molecule is O=C(O)C(CNS(=O)(=O)c1cncs1)C1CCCCCC1. The molecular weight excluding hydrogens is 312 g/mol. The van der Waals surface area contributed by atoms with Crippen molar-refractivity contribution in [3.8, 4) is 0 Å². The molecule has 0 saturated heterocycles. The van der Waals surface area contributed by atoms with Crippen LogP contribution in [0.5, 0.6) is 0 Å². The lowest BCUT2D eigenvalue weighted by molar-refractivity contribution is -0.143. The summed E-state index contributed by atoms with van der Waals surface area (Å²) in [7, 11) is -3.65. The van der Waals surface area contributed by atoms with E-state index in [1.165, 1.54) is 11.7 Å². The number of hydrogen-bond acceptors (Lipinski definition) is 5. The molecule has 1 atom stereocenters. The molecule has 1 saturated carbocycles. The molecule has 1 aliphatic rings. The third kappa shape index (κ3) is 4.49. The average Bonchev–Trinajstić information content (AvgIpc) is 2.85. The van der Waals surface area contributed by atoms with Gasteiger partial charge in [0.2, 0.25) is 0 Å². The van der Waals surface area contributed by atoms with Gasteiger partial charge in [0, 0.05) is 6.54 Å². The van der Waals surface area contributed by atoms with E-state index >= 15 is 0 Å². The molecule has 1 aliphatic carbocycles. The summed E-state index contributed by atoms with van der Waals surface area (Å²) in [6, 6.07) is 0. The van der Waals surface area contributed by atoms with E-state index in [0.29, 0.717) is 0 Å². The van der Waals surface area contributed by atoms with E-state index in [4.69, 9.17) is 0 Å².